The summed E-state index contributed by atoms with van der Waals surface area (Å²) in [5.41, 5.74) is 0.995. The van der Waals surface area contributed by atoms with Crippen LogP contribution in [0.25, 0.3) is 0 Å². The largest absolute Gasteiger partial charge is 0.515 e. The van der Waals surface area contributed by atoms with Crippen LogP contribution < -0.4 is 19.5 Å². The van der Waals surface area contributed by atoms with Gasteiger partial charge in [-0.3, -0.25) is 9.59 Å². The number of pyridine rings is 1. The lowest BCUT2D eigenvalue weighted by Gasteiger charge is -2.13. The minimum atomic E-state index is -4.31. The number of carbonyl (C=O) groups excluding carboxylic acids is 3. The molecule has 0 aliphatic rings. The minimum Gasteiger partial charge on any atom is -0.497 e. The topological polar surface area (TPSA) is 150 Å². The van der Waals surface area contributed by atoms with Crippen molar-refractivity contribution in [3.8, 4) is 11.6 Å². The minimum absolute atomic E-state index is 0.0873. The van der Waals surface area contributed by atoms with Crippen LogP contribution in [0.1, 0.15) is 53.0 Å². The Morgan fingerprint density at radius 3 is 2.35 bits per heavy atom. The summed E-state index contributed by atoms with van der Waals surface area (Å²) in [6, 6.07) is 15.3. The van der Waals surface area contributed by atoms with E-state index < -0.39 is 28.0 Å². The van der Waals surface area contributed by atoms with Gasteiger partial charge in [-0.25, -0.2) is 22.9 Å². The van der Waals surface area contributed by atoms with Crippen LogP contribution in [0.2, 0.25) is 0 Å². The summed E-state index contributed by atoms with van der Waals surface area (Å²) in [5.74, 6) is -0.817. The Bertz CT molecular complexity index is 1440. The molecule has 1 aromatic heterocycles. The third-order valence-corrected chi connectivity index (χ3v) is 7.16. The number of amides is 2. The molecule has 2 N–H and O–H groups in total. The molecule has 2 aromatic carbocycles. The van der Waals surface area contributed by atoms with Gasteiger partial charge in [0.15, 0.2) is 0 Å². The Balaban J connectivity index is 1.58. The van der Waals surface area contributed by atoms with E-state index in [4.69, 9.17) is 14.2 Å². The van der Waals surface area contributed by atoms with E-state index in [0.29, 0.717) is 31.6 Å². The van der Waals surface area contributed by atoms with Gasteiger partial charge in [0, 0.05) is 24.4 Å². The molecule has 0 aliphatic carbocycles. The fourth-order valence-electron chi connectivity index (χ4n) is 3.57. The normalized spacial score (nSPS) is 11.0. The van der Waals surface area contributed by atoms with Gasteiger partial charge in [0.25, 0.3) is 21.8 Å². The third-order valence-electron chi connectivity index (χ3n) is 5.83. The maximum absolute atomic E-state index is 12.8. The number of carbonyl (C=O) groups is 3. The second kappa shape index (κ2) is 14.1. The average molecular weight is 570 g/mol. The molecular weight excluding hydrogens is 538 g/mol. The standard InChI is InChI=1S/C28H31N3O8S/c1-4-22(5-2)38-28(34)39-25-13-12-21(18-30-25)27(33)31-40(35,36)24-11-7-9-20(17-24)26(32)29-15-14-19-8-6-10-23(16-19)37-3/h6-13,16-18,22H,4-5,14-15H2,1-3H3,(H,29,32)(H,31,33). The van der Waals surface area contributed by atoms with E-state index in [0.717, 1.165) is 11.8 Å². The maximum Gasteiger partial charge on any atom is 0.515 e. The van der Waals surface area contributed by atoms with E-state index in [1.165, 1.54) is 36.4 Å². The Morgan fingerprint density at radius 1 is 0.925 bits per heavy atom. The molecule has 0 radical (unpaired) electrons. The average Bonchev–Trinajstić information content (AvgIpc) is 2.96. The molecule has 11 nitrogen and oxygen atoms in total. The Labute approximate surface area is 232 Å². The molecule has 40 heavy (non-hydrogen) atoms. The van der Waals surface area contributed by atoms with Gasteiger partial charge in [0.2, 0.25) is 5.88 Å². The highest BCUT2D eigenvalue weighted by molar-refractivity contribution is 7.90. The number of aromatic nitrogens is 1. The van der Waals surface area contributed by atoms with Crippen molar-refractivity contribution in [2.24, 2.45) is 0 Å². The van der Waals surface area contributed by atoms with E-state index in [-0.39, 0.29) is 28.0 Å². The predicted octanol–water partition coefficient (Wildman–Crippen LogP) is 3.89. The molecule has 1 heterocycles. The first-order valence-electron chi connectivity index (χ1n) is 12.6. The lowest BCUT2D eigenvalue weighted by Crippen LogP contribution is -2.31. The monoisotopic (exact) mass is 569 g/mol. The van der Waals surface area contributed by atoms with Gasteiger partial charge in [-0.05, 0) is 61.2 Å². The summed E-state index contributed by atoms with van der Waals surface area (Å²) in [7, 11) is -2.74. The van der Waals surface area contributed by atoms with E-state index in [1.54, 1.807) is 7.11 Å². The van der Waals surface area contributed by atoms with E-state index in [2.05, 4.69) is 10.3 Å². The number of sulfonamides is 1. The lowest BCUT2D eigenvalue weighted by atomic mass is 10.1. The first-order valence-corrected chi connectivity index (χ1v) is 14.1. The van der Waals surface area contributed by atoms with Gasteiger partial charge in [-0.15, -0.1) is 0 Å². The number of nitrogens with zero attached hydrogens (tertiary/aromatic N) is 1. The zero-order valence-electron chi connectivity index (χ0n) is 22.4. The van der Waals surface area contributed by atoms with Crippen LogP contribution in [0, 0.1) is 0 Å². The zero-order chi connectivity index (χ0) is 29.1. The summed E-state index contributed by atoms with van der Waals surface area (Å²) in [6.07, 6.45) is 1.66. The maximum atomic E-state index is 12.8. The molecule has 0 saturated heterocycles. The van der Waals surface area contributed by atoms with Gasteiger partial charge in [0.05, 0.1) is 17.6 Å². The molecule has 212 valence electrons. The van der Waals surface area contributed by atoms with Crippen molar-refractivity contribution in [2.45, 2.75) is 44.1 Å². The van der Waals surface area contributed by atoms with Gasteiger partial charge in [0.1, 0.15) is 11.9 Å². The van der Waals surface area contributed by atoms with Crippen LogP contribution in [-0.4, -0.2) is 51.1 Å². The first kappa shape index (κ1) is 30.1. The van der Waals surface area contributed by atoms with Crippen molar-refractivity contribution in [1.29, 1.82) is 0 Å². The summed E-state index contributed by atoms with van der Waals surface area (Å²) in [4.78, 5) is 40.6. The predicted molar refractivity (Wildman–Crippen MR) is 146 cm³/mol. The van der Waals surface area contributed by atoms with Crippen molar-refractivity contribution in [3.05, 3.63) is 83.6 Å². The van der Waals surface area contributed by atoms with Crippen LogP contribution in [0.15, 0.2) is 71.8 Å². The van der Waals surface area contributed by atoms with Crippen molar-refractivity contribution < 1.29 is 37.0 Å². The molecule has 0 unspecified atom stereocenters. The zero-order valence-corrected chi connectivity index (χ0v) is 23.2. The quantitative estimate of drug-likeness (QED) is 0.310. The Hall–Kier alpha value is -4.45. The summed E-state index contributed by atoms with van der Waals surface area (Å²) in [5, 5.41) is 2.75. The van der Waals surface area contributed by atoms with Gasteiger partial charge in [-0.2, -0.15) is 0 Å². The molecule has 0 atom stereocenters. The second-order valence-electron chi connectivity index (χ2n) is 8.61. The number of hydrogen-bond acceptors (Lipinski definition) is 9. The van der Waals surface area contributed by atoms with Crippen LogP contribution in [0.5, 0.6) is 11.6 Å². The summed E-state index contributed by atoms with van der Waals surface area (Å²) >= 11 is 0. The molecule has 0 spiro atoms. The molecule has 0 aliphatic heterocycles. The molecule has 0 saturated carbocycles. The number of ether oxygens (including phenoxy) is 3. The number of nitrogens with one attached hydrogen (secondary N) is 2. The van der Waals surface area contributed by atoms with Gasteiger partial charge >= 0.3 is 6.16 Å². The number of methoxy groups -OCH3 is 1. The van der Waals surface area contributed by atoms with Crippen LogP contribution in [0.4, 0.5) is 4.79 Å². The Morgan fingerprint density at radius 2 is 1.68 bits per heavy atom. The van der Waals surface area contributed by atoms with Crippen LogP contribution in [0.3, 0.4) is 0 Å². The molecule has 3 aromatic rings. The number of hydrogen-bond donors (Lipinski definition) is 2. The summed E-state index contributed by atoms with van der Waals surface area (Å²) in [6.45, 7) is 4.07. The molecule has 2 amide bonds. The highest BCUT2D eigenvalue weighted by atomic mass is 32.2. The third kappa shape index (κ3) is 8.53. The van der Waals surface area contributed by atoms with E-state index >= 15 is 0 Å². The molecule has 0 bridgehead atoms. The molecule has 12 heteroatoms. The smallest absolute Gasteiger partial charge is 0.497 e. The van der Waals surface area contributed by atoms with Gasteiger partial charge in [-0.1, -0.05) is 32.0 Å². The summed E-state index contributed by atoms with van der Waals surface area (Å²) < 4.78 is 42.9. The second-order valence-corrected chi connectivity index (χ2v) is 10.3. The fraction of sp³-hybridized carbons (Fsp3) is 0.286. The SMILES string of the molecule is CCC(CC)OC(=O)Oc1ccc(C(=O)NS(=O)(=O)c2cccc(C(=O)NCCc3cccc(OC)c3)c2)cn1. The molecular formula is C28H31N3O8S. The van der Waals surface area contributed by atoms with Crippen molar-refractivity contribution in [2.75, 3.05) is 13.7 Å². The first-order chi connectivity index (χ1) is 19.1. The van der Waals surface area contributed by atoms with Crippen LogP contribution >= 0.6 is 0 Å². The van der Waals surface area contributed by atoms with E-state index in [1.807, 2.05) is 42.8 Å². The lowest BCUT2D eigenvalue weighted by molar-refractivity contribution is 0.0538. The van der Waals surface area contributed by atoms with Gasteiger partial charge < -0.3 is 19.5 Å². The van der Waals surface area contributed by atoms with Crippen molar-refractivity contribution in [3.63, 3.8) is 0 Å². The van der Waals surface area contributed by atoms with Crippen molar-refractivity contribution in [1.82, 2.24) is 15.0 Å². The van der Waals surface area contributed by atoms with Crippen LogP contribution in [-0.2, 0) is 21.2 Å². The molecule has 0 fully saturated rings. The highest BCUT2D eigenvalue weighted by Crippen LogP contribution is 2.15. The van der Waals surface area contributed by atoms with E-state index in [9.17, 15) is 22.8 Å². The molecule has 3 rings (SSSR count). The highest BCUT2D eigenvalue weighted by Gasteiger charge is 2.21. The fourth-order valence-corrected chi connectivity index (χ4v) is 4.59. The van der Waals surface area contributed by atoms with Crippen molar-refractivity contribution >= 4 is 28.0 Å². The Kier molecular flexibility index (Phi) is 10.6. The number of rotatable bonds is 12. The number of benzene rings is 2.